The molecule has 1 aliphatic heterocycles. The highest BCUT2D eigenvalue weighted by Crippen LogP contribution is 2.35. The number of amides is 4. The molecule has 1 fully saturated rings. The van der Waals surface area contributed by atoms with Crippen molar-refractivity contribution in [3.05, 3.63) is 0 Å². The maximum Gasteiger partial charge on any atom is 0.469 e. The number of nitrogens with zero attached hydrogens (tertiary/aromatic N) is 1. The Labute approximate surface area is 229 Å². The van der Waals surface area contributed by atoms with Gasteiger partial charge in [0.1, 0.15) is 30.5 Å². The number of rotatable bonds is 17. The number of aldehydes is 1. The van der Waals surface area contributed by atoms with E-state index in [1.807, 2.05) is 0 Å². The Morgan fingerprint density at radius 2 is 1.62 bits per heavy atom. The predicted octanol–water partition coefficient (Wildman–Crippen LogP) is -7.81. The van der Waals surface area contributed by atoms with Crippen molar-refractivity contribution in [2.75, 3.05) is 32.9 Å². The zero-order valence-electron chi connectivity index (χ0n) is 21.6. The van der Waals surface area contributed by atoms with Gasteiger partial charge in [0.05, 0.1) is 32.4 Å². The molecule has 4 amide bonds. The highest BCUT2D eigenvalue weighted by molar-refractivity contribution is 7.46. The fraction of sp³-hybridized carbons (Fsp3) is 0.700. The minimum Gasteiger partial charge on any atom is -0.394 e. The van der Waals surface area contributed by atoms with Crippen LogP contribution in [0.1, 0.15) is 25.7 Å². The Balaban J connectivity index is 3.10. The number of carbonyl (C=O) groups is 5. The van der Waals surface area contributed by atoms with Gasteiger partial charge in [0.15, 0.2) is 0 Å². The summed E-state index contributed by atoms with van der Waals surface area (Å²) in [6.45, 7) is -2.31. The van der Waals surface area contributed by atoms with Gasteiger partial charge >= 0.3 is 13.8 Å². The van der Waals surface area contributed by atoms with E-state index in [0.717, 1.165) is 0 Å². The number of aliphatic hydroxyl groups is 2. The molecule has 14 N–H and O–H groups in total. The molecule has 228 valence electrons. The number of likely N-dealkylation sites (tertiary alicyclic amines) is 1. The fourth-order valence-electron chi connectivity index (χ4n) is 3.66. The van der Waals surface area contributed by atoms with Gasteiger partial charge < -0.3 is 51.4 Å². The summed E-state index contributed by atoms with van der Waals surface area (Å²) in [5.74, 6) is -3.96. The van der Waals surface area contributed by atoms with Crippen LogP contribution in [0.25, 0.3) is 0 Å². The molecule has 0 aliphatic carbocycles. The van der Waals surface area contributed by atoms with Crippen LogP contribution in [-0.2, 0) is 33.1 Å². The normalized spacial score (nSPS) is 18.1. The van der Waals surface area contributed by atoms with Gasteiger partial charge in [-0.25, -0.2) is 4.57 Å². The number of nitrogens with two attached hydrogens (primary N) is 3. The van der Waals surface area contributed by atoms with Gasteiger partial charge in [-0.05, 0) is 25.7 Å². The van der Waals surface area contributed by atoms with E-state index in [1.54, 1.807) is 0 Å². The van der Waals surface area contributed by atoms with Crippen molar-refractivity contribution in [3.8, 4) is 0 Å². The fourth-order valence-corrected chi connectivity index (χ4v) is 4.01. The summed E-state index contributed by atoms with van der Waals surface area (Å²) in [5.41, 5.74) is 16.1. The predicted molar refractivity (Wildman–Crippen MR) is 135 cm³/mol. The van der Waals surface area contributed by atoms with Crippen LogP contribution in [0.3, 0.4) is 0 Å². The van der Waals surface area contributed by atoms with E-state index in [1.165, 1.54) is 4.90 Å². The van der Waals surface area contributed by atoms with Crippen LogP contribution in [0.2, 0.25) is 0 Å². The first-order valence-corrected chi connectivity index (χ1v) is 13.7. The summed E-state index contributed by atoms with van der Waals surface area (Å²) in [6, 6.07) is -6.85. The van der Waals surface area contributed by atoms with Crippen molar-refractivity contribution in [2.24, 2.45) is 17.2 Å². The molecule has 0 aromatic rings. The van der Waals surface area contributed by atoms with Crippen LogP contribution in [0.4, 0.5) is 0 Å². The Kier molecular flexibility index (Phi) is 14.6. The van der Waals surface area contributed by atoms with Crippen LogP contribution in [-0.4, -0.2) is 124 Å². The summed E-state index contributed by atoms with van der Waals surface area (Å²) in [4.78, 5) is 84.2. The molecule has 0 bridgehead atoms. The molecule has 40 heavy (non-hydrogen) atoms. The van der Waals surface area contributed by atoms with E-state index < -0.39 is 81.5 Å². The van der Waals surface area contributed by atoms with Gasteiger partial charge in [-0.1, -0.05) is 0 Å². The summed E-state index contributed by atoms with van der Waals surface area (Å²) < 4.78 is 15.6. The number of aliphatic hydroxyl groups excluding tert-OH is 2. The van der Waals surface area contributed by atoms with Gasteiger partial charge in [-0.3, -0.25) is 40.2 Å². The summed E-state index contributed by atoms with van der Waals surface area (Å²) in [6.07, 6.45) is 1.62. The molecule has 1 saturated heterocycles. The van der Waals surface area contributed by atoms with E-state index in [4.69, 9.17) is 32.1 Å². The lowest BCUT2D eigenvalue weighted by atomic mass is 10.1. The second kappa shape index (κ2) is 16.8. The monoisotopic (exact) mass is 597 g/mol. The van der Waals surface area contributed by atoms with E-state index in [0.29, 0.717) is 19.1 Å². The Bertz CT molecular complexity index is 974. The first-order valence-electron chi connectivity index (χ1n) is 12.2. The van der Waals surface area contributed by atoms with Crippen LogP contribution < -0.4 is 38.1 Å². The van der Waals surface area contributed by atoms with E-state index in [2.05, 4.69) is 25.5 Å². The first kappa shape index (κ1) is 34.8. The van der Waals surface area contributed by atoms with E-state index in [-0.39, 0.29) is 31.9 Å². The lowest BCUT2D eigenvalue weighted by molar-refractivity contribution is -0.459. The highest BCUT2D eigenvalue weighted by Gasteiger charge is 2.36. The standard InChI is InChI=1S/C20H37N8O11P/c21-12(8-30)16(32)25-13(4-1-5-24-20(22)23)17(33)27-15(10-39-40(36,37)38)18(34)26-14(9-31)19(35)28-6-2-3-11(28)7-29/h7,11-15,30-31H,1-6,8-10,21H2,(H,25,32)(H,26,34)(H,27,33)(H4,22,23,24)(H2,36,37,38)/p+1/t11-,12-,13-,14-,15-/m0/s1. The molecule has 20 heteroatoms. The van der Waals surface area contributed by atoms with Gasteiger partial charge in [0.25, 0.3) is 0 Å². The molecule has 1 aliphatic rings. The minimum absolute atomic E-state index is 0.0660. The summed E-state index contributed by atoms with van der Waals surface area (Å²) in [5, 5.41) is 25.5. The second-order valence-electron chi connectivity index (χ2n) is 8.84. The number of hydrogen-bond donors (Lipinski definition) is 11. The Hall–Kier alpha value is -3.19. The van der Waals surface area contributed by atoms with Crippen molar-refractivity contribution in [2.45, 2.75) is 55.9 Å². The SMILES string of the molecule is NC(N)=[NH+]CCC[C@H](NC(=O)[C@@H](N)CO)C(=O)N[C@@H](COP(=O)(O)O)C(=O)N[C@@H](CO)C(=O)N1CCC[C@H]1C=O. The molecule has 0 aromatic heterocycles. The summed E-state index contributed by atoms with van der Waals surface area (Å²) in [7, 11) is -5.13. The largest absolute Gasteiger partial charge is 0.469 e. The first-order chi connectivity index (χ1) is 18.7. The average molecular weight is 598 g/mol. The average Bonchev–Trinajstić information content (AvgIpc) is 3.38. The van der Waals surface area contributed by atoms with Gasteiger partial charge in [-0.15, -0.1) is 0 Å². The molecular weight excluding hydrogens is 559 g/mol. The number of guanidine groups is 1. The molecule has 0 unspecified atom stereocenters. The van der Waals surface area contributed by atoms with Crippen molar-refractivity contribution in [3.63, 3.8) is 0 Å². The third kappa shape index (κ3) is 11.9. The molecule has 1 heterocycles. The number of phosphoric acid groups is 1. The topological polar surface area (TPSA) is 324 Å². The third-order valence-electron chi connectivity index (χ3n) is 5.74. The number of carbonyl (C=O) groups excluding carboxylic acids is 5. The number of phosphoric ester groups is 1. The van der Waals surface area contributed by atoms with Crippen LogP contribution in [0.15, 0.2) is 0 Å². The Morgan fingerprint density at radius 3 is 2.17 bits per heavy atom. The van der Waals surface area contributed by atoms with Crippen molar-refractivity contribution in [1.29, 1.82) is 0 Å². The van der Waals surface area contributed by atoms with E-state index in [9.17, 15) is 33.6 Å². The number of hydrogen-bond acceptors (Lipinski definition) is 10. The molecule has 5 atom stereocenters. The van der Waals surface area contributed by atoms with Gasteiger partial charge in [0.2, 0.25) is 23.6 Å². The highest BCUT2D eigenvalue weighted by atomic mass is 31.2. The molecule has 0 radical (unpaired) electrons. The third-order valence-corrected chi connectivity index (χ3v) is 6.23. The van der Waals surface area contributed by atoms with Crippen LogP contribution >= 0.6 is 7.82 Å². The zero-order valence-corrected chi connectivity index (χ0v) is 22.5. The van der Waals surface area contributed by atoms with Crippen LogP contribution in [0, 0.1) is 0 Å². The smallest absolute Gasteiger partial charge is 0.394 e. The lowest BCUT2D eigenvalue weighted by Gasteiger charge is -2.28. The maximum absolute atomic E-state index is 13.0. The van der Waals surface area contributed by atoms with E-state index >= 15 is 0 Å². The zero-order chi connectivity index (χ0) is 30.5. The lowest BCUT2D eigenvalue weighted by Crippen LogP contribution is -2.78. The minimum atomic E-state index is -5.13. The van der Waals surface area contributed by atoms with Crippen molar-refractivity contribution >= 4 is 43.7 Å². The van der Waals surface area contributed by atoms with Crippen molar-refractivity contribution in [1.82, 2.24) is 20.9 Å². The molecule has 0 spiro atoms. The maximum atomic E-state index is 13.0. The quantitative estimate of drug-likeness (QED) is 0.0244. The summed E-state index contributed by atoms with van der Waals surface area (Å²) >= 11 is 0. The second-order valence-corrected chi connectivity index (χ2v) is 10.1. The van der Waals surface area contributed by atoms with Gasteiger partial charge in [-0.2, -0.15) is 0 Å². The molecule has 19 nitrogen and oxygen atoms in total. The number of nitrogens with one attached hydrogen (secondary N) is 4. The molecule has 0 aromatic carbocycles. The molecule has 0 saturated carbocycles. The van der Waals surface area contributed by atoms with Crippen molar-refractivity contribution < 1.29 is 58.1 Å². The molecule has 1 rings (SSSR count). The Morgan fingerprint density at radius 1 is 1.02 bits per heavy atom. The van der Waals surface area contributed by atoms with Gasteiger partial charge in [0, 0.05) is 6.54 Å². The molecular formula is C20H38N8O11P+. The van der Waals surface area contributed by atoms with Crippen LogP contribution in [0.5, 0.6) is 0 Å².